The lowest BCUT2D eigenvalue weighted by Crippen LogP contribution is -2.40. The number of aryl methyl sites for hydroxylation is 1. The molecule has 0 unspecified atom stereocenters. The topological polar surface area (TPSA) is 32.3 Å². The lowest BCUT2D eigenvalue weighted by molar-refractivity contribution is -0.137. The number of aliphatic hydroxyl groups is 1. The molecule has 23 heavy (non-hydrogen) atoms. The van der Waals surface area contributed by atoms with Crippen molar-refractivity contribution in [1.29, 1.82) is 0 Å². The highest BCUT2D eigenvalue weighted by Gasteiger charge is 2.32. The molecule has 0 heterocycles. The van der Waals surface area contributed by atoms with E-state index in [2.05, 4.69) is 5.32 Å². The summed E-state index contributed by atoms with van der Waals surface area (Å²) in [6, 6.07) is 12.7. The van der Waals surface area contributed by atoms with E-state index < -0.39 is 17.5 Å². The Balaban J connectivity index is 2.02. The van der Waals surface area contributed by atoms with E-state index in [1.165, 1.54) is 19.1 Å². The first-order valence-electron chi connectivity index (χ1n) is 7.39. The van der Waals surface area contributed by atoms with Gasteiger partial charge in [-0.3, -0.25) is 5.32 Å². The van der Waals surface area contributed by atoms with Gasteiger partial charge in [-0.2, -0.15) is 13.2 Å². The van der Waals surface area contributed by atoms with Gasteiger partial charge < -0.3 is 5.11 Å². The van der Waals surface area contributed by atoms with Crippen LogP contribution in [0.3, 0.4) is 0 Å². The summed E-state index contributed by atoms with van der Waals surface area (Å²) in [7, 11) is 0. The SMILES string of the molecule is Cc1ccc(CCN[C@](C)(O)c2cccc(C(F)(F)F)c2)cc1. The highest BCUT2D eigenvalue weighted by Crippen LogP contribution is 2.31. The van der Waals surface area contributed by atoms with Gasteiger partial charge in [0.05, 0.1) is 5.56 Å². The van der Waals surface area contributed by atoms with Gasteiger partial charge in [0.1, 0.15) is 5.72 Å². The Morgan fingerprint density at radius 2 is 1.61 bits per heavy atom. The van der Waals surface area contributed by atoms with E-state index in [-0.39, 0.29) is 5.56 Å². The molecule has 2 nitrogen and oxygen atoms in total. The predicted octanol–water partition coefficient (Wildman–Crippen LogP) is 4.01. The Labute approximate surface area is 134 Å². The molecule has 2 N–H and O–H groups in total. The maximum Gasteiger partial charge on any atom is 0.416 e. The van der Waals surface area contributed by atoms with Gasteiger partial charge in [0.25, 0.3) is 0 Å². The molecule has 2 aromatic carbocycles. The van der Waals surface area contributed by atoms with Crippen molar-refractivity contribution in [2.45, 2.75) is 32.2 Å². The van der Waals surface area contributed by atoms with Gasteiger partial charge in [0, 0.05) is 6.54 Å². The molecule has 1 atom stereocenters. The lowest BCUT2D eigenvalue weighted by Gasteiger charge is -2.26. The molecule has 0 aliphatic rings. The fraction of sp³-hybridized carbons (Fsp3) is 0.333. The highest BCUT2D eigenvalue weighted by molar-refractivity contribution is 5.29. The van der Waals surface area contributed by atoms with Crippen LogP contribution in [-0.4, -0.2) is 11.7 Å². The van der Waals surface area contributed by atoms with E-state index >= 15 is 0 Å². The fourth-order valence-electron chi connectivity index (χ4n) is 2.31. The average Bonchev–Trinajstić information content (AvgIpc) is 2.48. The lowest BCUT2D eigenvalue weighted by atomic mass is 10.0. The summed E-state index contributed by atoms with van der Waals surface area (Å²) in [6.45, 7) is 3.91. The Bertz CT molecular complexity index is 648. The third kappa shape index (κ3) is 4.81. The summed E-state index contributed by atoms with van der Waals surface area (Å²) in [5.41, 5.74) is 0.166. The highest BCUT2D eigenvalue weighted by atomic mass is 19.4. The van der Waals surface area contributed by atoms with Gasteiger partial charge in [0.2, 0.25) is 0 Å². The third-order valence-electron chi connectivity index (χ3n) is 3.76. The van der Waals surface area contributed by atoms with Gasteiger partial charge >= 0.3 is 6.18 Å². The maximum atomic E-state index is 12.8. The second-order valence-electron chi connectivity index (χ2n) is 5.81. The number of hydrogen-bond acceptors (Lipinski definition) is 2. The van der Waals surface area contributed by atoms with Crippen molar-refractivity contribution < 1.29 is 18.3 Å². The molecule has 0 radical (unpaired) electrons. The van der Waals surface area contributed by atoms with Crippen molar-refractivity contribution in [2.24, 2.45) is 0 Å². The van der Waals surface area contributed by atoms with E-state index in [0.717, 1.165) is 23.3 Å². The molecule has 0 aromatic heterocycles. The van der Waals surface area contributed by atoms with E-state index in [1.54, 1.807) is 0 Å². The van der Waals surface area contributed by atoms with Crippen LogP contribution < -0.4 is 5.32 Å². The van der Waals surface area contributed by atoms with Crippen molar-refractivity contribution >= 4 is 0 Å². The van der Waals surface area contributed by atoms with Crippen LogP contribution in [0.4, 0.5) is 13.2 Å². The van der Waals surface area contributed by atoms with Crippen LogP contribution in [0.25, 0.3) is 0 Å². The molecule has 0 bridgehead atoms. The molecule has 0 spiro atoms. The molecule has 2 aromatic rings. The summed E-state index contributed by atoms with van der Waals surface area (Å²) in [5, 5.41) is 13.3. The minimum atomic E-state index is -4.42. The Hall–Kier alpha value is -1.85. The first-order valence-corrected chi connectivity index (χ1v) is 7.39. The zero-order valence-electron chi connectivity index (χ0n) is 13.1. The minimum absolute atomic E-state index is 0.191. The zero-order chi connectivity index (χ0) is 17.1. The number of nitrogens with one attached hydrogen (secondary N) is 1. The summed E-state index contributed by atoms with van der Waals surface area (Å²) in [6.07, 6.45) is -3.75. The minimum Gasteiger partial charge on any atom is -0.372 e. The molecule has 0 aliphatic heterocycles. The van der Waals surface area contributed by atoms with E-state index in [1.807, 2.05) is 31.2 Å². The van der Waals surface area contributed by atoms with Crippen molar-refractivity contribution in [2.75, 3.05) is 6.54 Å². The van der Waals surface area contributed by atoms with E-state index in [0.29, 0.717) is 13.0 Å². The molecular formula is C18H20F3NO. The molecule has 2 rings (SSSR count). The maximum absolute atomic E-state index is 12.8. The largest absolute Gasteiger partial charge is 0.416 e. The van der Waals surface area contributed by atoms with Crippen LogP contribution in [0.1, 0.15) is 29.2 Å². The summed E-state index contributed by atoms with van der Waals surface area (Å²) < 4.78 is 38.3. The standard InChI is InChI=1S/C18H20F3NO/c1-13-6-8-14(9-7-13)10-11-22-17(2,23)15-4-3-5-16(12-15)18(19,20)21/h3-9,12,22-23H,10-11H2,1-2H3/t17-/m1/s1. The van der Waals surface area contributed by atoms with Crippen molar-refractivity contribution in [3.8, 4) is 0 Å². The fourth-order valence-corrected chi connectivity index (χ4v) is 2.31. The van der Waals surface area contributed by atoms with E-state index in [9.17, 15) is 18.3 Å². The summed E-state index contributed by atoms with van der Waals surface area (Å²) in [5.74, 6) is 0. The average molecular weight is 323 g/mol. The van der Waals surface area contributed by atoms with Crippen molar-refractivity contribution in [3.63, 3.8) is 0 Å². The Morgan fingerprint density at radius 1 is 1.00 bits per heavy atom. The molecule has 0 saturated carbocycles. The van der Waals surface area contributed by atoms with Crippen LogP contribution >= 0.6 is 0 Å². The van der Waals surface area contributed by atoms with Crippen molar-refractivity contribution in [3.05, 3.63) is 70.8 Å². The predicted molar refractivity (Wildman–Crippen MR) is 83.9 cm³/mol. The number of benzene rings is 2. The second kappa shape index (κ2) is 6.72. The molecule has 0 amide bonds. The Kier molecular flexibility index (Phi) is 5.12. The van der Waals surface area contributed by atoms with Crippen LogP contribution in [0.15, 0.2) is 48.5 Å². The van der Waals surface area contributed by atoms with Gasteiger partial charge in [-0.1, -0.05) is 42.0 Å². The van der Waals surface area contributed by atoms with Gasteiger partial charge in [-0.05, 0) is 43.5 Å². The second-order valence-corrected chi connectivity index (χ2v) is 5.81. The third-order valence-corrected chi connectivity index (χ3v) is 3.76. The van der Waals surface area contributed by atoms with Crippen LogP contribution in [-0.2, 0) is 18.3 Å². The quantitative estimate of drug-likeness (QED) is 0.815. The zero-order valence-corrected chi connectivity index (χ0v) is 13.1. The number of rotatable bonds is 5. The van der Waals surface area contributed by atoms with Gasteiger partial charge in [-0.25, -0.2) is 0 Å². The number of alkyl halides is 3. The first kappa shape index (κ1) is 17.5. The smallest absolute Gasteiger partial charge is 0.372 e. The van der Waals surface area contributed by atoms with Crippen LogP contribution in [0.2, 0.25) is 0 Å². The summed E-state index contributed by atoms with van der Waals surface area (Å²) >= 11 is 0. The van der Waals surface area contributed by atoms with Crippen LogP contribution in [0, 0.1) is 6.92 Å². The van der Waals surface area contributed by atoms with Crippen LogP contribution in [0.5, 0.6) is 0 Å². The first-order chi connectivity index (χ1) is 10.7. The summed E-state index contributed by atoms with van der Waals surface area (Å²) in [4.78, 5) is 0. The molecular weight excluding hydrogens is 303 g/mol. The van der Waals surface area contributed by atoms with Gasteiger partial charge in [-0.15, -0.1) is 0 Å². The molecule has 0 saturated heterocycles. The molecule has 0 fully saturated rings. The molecule has 5 heteroatoms. The number of hydrogen-bond donors (Lipinski definition) is 2. The molecule has 124 valence electrons. The van der Waals surface area contributed by atoms with E-state index in [4.69, 9.17) is 0 Å². The monoisotopic (exact) mass is 323 g/mol. The Morgan fingerprint density at radius 3 is 2.22 bits per heavy atom. The number of halogens is 3. The van der Waals surface area contributed by atoms with Gasteiger partial charge in [0.15, 0.2) is 0 Å². The van der Waals surface area contributed by atoms with Crippen molar-refractivity contribution in [1.82, 2.24) is 5.32 Å². The molecule has 0 aliphatic carbocycles. The normalized spacial score (nSPS) is 14.5.